The molecule has 4 aromatic rings. The van der Waals surface area contributed by atoms with Crippen molar-refractivity contribution in [2.75, 3.05) is 29.7 Å². The van der Waals surface area contributed by atoms with E-state index in [1.54, 1.807) is 18.3 Å². The number of nitrogens with zero attached hydrogens (tertiary/aromatic N) is 1. The van der Waals surface area contributed by atoms with Crippen molar-refractivity contribution >= 4 is 49.8 Å². The Morgan fingerprint density at radius 3 is 2.54 bits per heavy atom. The van der Waals surface area contributed by atoms with Gasteiger partial charge in [0.05, 0.1) is 16.1 Å². The highest BCUT2D eigenvalue weighted by Crippen LogP contribution is 2.24. The summed E-state index contributed by atoms with van der Waals surface area (Å²) in [6.45, 7) is 2.80. The molecule has 0 fully saturated rings. The van der Waals surface area contributed by atoms with Crippen LogP contribution in [-0.4, -0.2) is 39.0 Å². The van der Waals surface area contributed by atoms with Crippen molar-refractivity contribution in [3.05, 3.63) is 89.6 Å². The van der Waals surface area contributed by atoms with Gasteiger partial charge in [0.2, 0.25) is 0 Å². The number of sulfonamides is 1. The van der Waals surface area contributed by atoms with E-state index >= 15 is 0 Å². The molecule has 3 aromatic carbocycles. The summed E-state index contributed by atoms with van der Waals surface area (Å²) in [5.74, 6) is 0.137. The standard InChI is InChI=1S/C27H27ClN4O4S/c1-19-5-2-3-6-24(19)32-37(34,35)22-10-8-21(9-11-22)36-18-27(33)31-15-4-14-29-25-13-16-30-26-17-20(28)7-12-23(25)26/h2-3,5-13,16-17,32H,4,14-15,18H2,1H3,(H,29,30)(H,31,33). The zero-order valence-corrected chi connectivity index (χ0v) is 21.8. The number of hydrogen-bond acceptors (Lipinski definition) is 6. The summed E-state index contributed by atoms with van der Waals surface area (Å²) >= 11 is 6.03. The van der Waals surface area contributed by atoms with Crippen molar-refractivity contribution < 1.29 is 17.9 Å². The van der Waals surface area contributed by atoms with E-state index in [2.05, 4.69) is 20.3 Å². The molecule has 0 aliphatic carbocycles. The first-order valence-corrected chi connectivity index (χ1v) is 13.5. The van der Waals surface area contributed by atoms with Gasteiger partial charge in [-0.3, -0.25) is 14.5 Å². The van der Waals surface area contributed by atoms with Gasteiger partial charge in [0.1, 0.15) is 5.75 Å². The predicted octanol–water partition coefficient (Wildman–Crippen LogP) is 4.99. The fraction of sp³-hybridized carbons (Fsp3) is 0.185. The fourth-order valence-electron chi connectivity index (χ4n) is 3.62. The Balaban J connectivity index is 1.19. The molecule has 1 heterocycles. The van der Waals surface area contributed by atoms with Crippen molar-refractivity contribution in [1.29, 1.82) is 0 Å². The smallest absolute Gasteiger partial charge is 0.261 e. The zero-order chi connectivity index (χ0) is 26.3. The molecule has 37 heavy (non-hydrogen) atoms. The number of pyridine rings is 1. The van der Waals surface area contributed by atoms with E-state index in [4.69, 9.17) is 16.3 Å². The fourth-order valence-corrected chi connectivity index (χ4v) is 4.92. The molecule has 3 N–H and O–H groups in total. The second kappa shape index (κ2) is 11.9. The summed E-state index contributed by atoms with van der Waals surface area (Å²) in [5, 5.41) is 7.78. The molecule has 0 saturated carbocycles. The number of benzene rings is 3. The number of anilines is 2. The lowest BCUT2D eigenvalue weighted by molar-refractivity contribution is -0.123. The van der Waals surface area contributed by atoms with Crippen LogP contribution in [0.3, 0.4) is 0 Å². The number of ether oxygens (including phenoxy) is 1. The summed E-state index contributed by atoms with van der Waals surface area (Å²) in [6.07, 6.45) is 2.44. The Morgan fingerprint density at radius 2 is 1.76 bits per heavy atom. The number of hydrogen-bond donors (Lipinski definition) is 3. The summed E-state index contributed by atoms with van der Waals surface area (Å²) in [6, 6.07) is 20.5. The molecule has 0 bridgehead atoms. The predicted molar refractivity (Wildman–Crippen MR) is 147 cm³/mol. The van der Waals surface area contributed by atoms with Crippen LogP contribution in [-0.2, 0) is 14.8 Å². The summed E-state index contributed by atoms with van der Waals surface area (Å²) in [4.78, 5) is 16.6. The van der Waals surface area contributed by atoms with Crippen LogP contribution < -0.4 is 20.1 Å². The molecule has 0 radical (unpaired) electrons. The maximum Gasteiger partial charge on any atom is 0.261 e. The van der Waals surface area contributed by atoms with Gasteiger partial charge in [0.25, 0.3) is 15.9 Å². The van der Waals surface area contributed by atoms with Gasteiger partial charge < -0.3 is 15.4 Å². The summed E-state index contributed by atoms with van der Waals surface area (Å²) < 4.78 is 33.4. The quantitative estimate of drug-likeness (QED) is 0.232. The highest BCUT2D eigenvalue weighted by Gasteiger charge is 2.15. The molecule has 0 saturated heterocycles. The zero-order valence-electron chi connectivity index (χ0n) is 20.2. The topological polar surface area (TPSA) is 109 Å². The number of nitrogens with one attached hydrogen (secondary N) is 3. The van der Waals surface area contributed by atoms with E-state index in [0.29, 0.717) is 36.0 Å². The number of aryl methyl sites for hydroxylation is 1. The van der Waals surface area contributed by atoms with Crippen LogP contribution in [0, 0.1) is 6.92 Å². The van der Waals surface area contributed by atoms with Crippen molar-refractivity contribution in [3.63, 3.8) is 0 Å². The third-order valence-electron chi connectivity index (χ3n) is 5.59. The normalized spacial score (nSPS) is 11.2. The molecule has 192 valence electrons. The van der Waals surface area contributed by atoms with Gasteiger partial charge >= 0.3 is 0 Å². The van der Waals surface area contributed by atoms with Crippen molar-refractivity contribution in [2.45, 2.75) is 18.2 Å². The number of rotatable bonds is 11. The molecule has 1 amide bonds. The van der Waals surface area contributed by atoms with Crippen LogP contribution in [0.5, 0.6) is 5.75 Å². The van der Waals surface area contributed by atoms with Crippen LogP contribution in [0.2, 0.25) is 5.02 Å². The molecular formula is C27H27ClN4O4S. The molecule has 4 rings (SSSR count). The molecule has 1 aromatic heterocycles. The van der Waals surface area contributed by atoms with Gasteiger partial charge in [-0.2, -0.15) is 0 Å². The van der Waals surface area contributed by atoms with Gasteiger partial charge in [-0.15, -0.1) is 0 Å². The maximum atomic E-state index is 12.6. The second-order valence-electron chi connectivity index (χ2n) is 8.33. The van der Waals surface area contributed by atoms with Gasteiger partial charge in [-0.05, 0) is 73.5 Å². The Morgan fingerprint density at radius 1 is 0.973 bits per heavy atom. The minimum Gasteiger partial charge on any atom is -0.484 e. The molecule has 0 aliphatic heterocycles. The number of carbonyl (C=O) groups is 1. The minimum absolute atomic E-state index is 0.102. The van der Waals surface area contributed by atoms with Gasteiger partial charge in [0, 0.05) is 35.4 Å². The van der Waals surface area contributed by atoms with E-state index in [9.17, 15) is 13.2 Å². The Bertz CT molecular complexity index is 1490. The first kappa shape index (κ1) is 26.2. The maximum absolute atomic E-state index is 12.6. The Hall–Kier alpha value is -3.82. The van der Waals surface area contributed by atoms with Crippen LogP contribution in [0.15, 0.2) is 83.9 Å². The van der Waals surface area contributed by atoms with Crippen LogP contribution in [0.1, 0.15) is 12.0 Å². The average molecular weight is 539 g/mol. The van der Waals surface area contributed by atoms with Crippen molar-refractivity contribution in [3.8, 4) is 5.75 Å². The molecular weight excluding hydrogens is 512 g/mol. The third kappa shape index (κ3) is 7.12. The van der Waals surface area contributed by atoms with Crippen LogP contribution in [0.25, 0.3) is 10.9 Å². The summed E-state index contributed by atoms with van der Waals surface area (Å²) in [5.41, 5.74) is 3.12. The number of carbonyl (C=O) groups excluding carboxylic acids is 1. The number of fused-ring (bicyclic) bond motifs is 1. The first-order valence-electron chi connectivity index (χ1n) is 11.7. The van der Waals surface area contributed by atoms with Crippen molar-refractivity contribution in [2.24, 2.45) is 0 Å². The molecule has 0 spiro atoms. The molecule has 10 heteroatoms. The average Bonchev–Trinajstić information content (AvgIpc) is 2.88. The van der Waals surface area contributed by atoms with Gasteiger partial charge in [-0.25, -0.2) is 8.42 Å². The Kier molecular flexibility index (Phi) is 8.47. The van der Waals surface area contributed by atoms with Crippen molar-refractivity contribution in [1.82, 2.24) is 10.3 Å². The highest BCUT2D eigenvalue weighted by molar-refractivity contribution is 7.92. The largest absolute Gasteiger partial charge is 0.484 e. The molecule has 8 nitrogen and oxygen atoms in total. The highest BCUT2D eigenvalue weighted by atomic mass is 35.5. The number of halogens is 1. The number of para-hydroxylation sites is 1. The minimum atomic E-state index is -3.74. The number of aromatic nitrogens is 1. The van der Waals surface area contributed by atoms with Gasteiger partial charge in [-0.1, -0.05) is 29.8 Å². The molecule has 0 aliphatic rings. The van der Waals surface area contributed by atoms with E-state index in [0.717, 1.165) is 22.2 Å². The molecule has 0 atom stereocenters. The lowest BCUT2D eigenvalue weighted by atomic mass is 10.2. The van der Waals surface area contributed by atoms with E-state index in [1.807, 2.05) is 43.3 Å². The lowest BCUT2D eigenvalue weighted by Gasteiger charge is -2.12. The first-order chi connectivity index (χ1) is 17.8. The number of amides is 1. The van der Waals surface area contributed by atoms with E-state index in [1.165, 1.54) is 24.3 Å². The molecule has 0 unspecified atom stereocenters. The van der Waals surface area contributed by atoms with Gasteiger partial charge in [0.15, 0.2) is 6.61 Å². The Labute approximate surface area is 221 Å². The van der Waals surface area contributed by atoms with Crippen LogP contribution in [0.4, 0.5) is 11.4 Å². The summed E-state index contributed by atoms with van der Waals surface area (Å²) in [7, 11) is -3.74. The SMILES string of the molecule is Cc1ccccc1NS(=O)(=O)c1ccc(OCC(=O)NCCCNc2ccnc3cc(Cl)ccc23)cc1. The van der Waals surface area contributed by atoms with E-state index in [-0.39, 0.29) is 17.4 Å². The van der Waals surface area contributed by atoms with Crippen LogP contribution >= 0.6 is 11.6 Å². The second-order valence-corrected chi connectivity index (χ2v) is 10.4. The lowest BCUT2D eigenvalue weighted by Crippen LogP contribution is -2.30. The monoisotopic (exact) mass is 538 g/mol. The third-order valence-corrected chi connectivity index (χ3v) is 7.21. The van der Waals surface area contributed by atoms with E-state index < -0.39 is 10.0 Å².